The van der Waals surface area contributed by atoms with Crippen molar-refractivity contribution in [1.29, 1.82) is 0 Å². The number of hydrogen-bond acceptors (Lipinski definition) is 4. The second-order valence-corrected chi connectivity index (χ2v) is 11.6. The third-order valence-electron chi connectivity index (χ3n) is 7.33. The van der Waals surface area contributed by atoms with Crippen LogP contribution >= 0.6 is 0 Å². The zero-order valence-corrected chi connectivity index (χ0v) is 22.8. The van der Waals surface area contributed by atoms with Crippen LogP contribution in [0.25, 0.3) is 32.8 Å². The molecule has 0 spiro atoms. The van der Waals surface area contributed by atoms with Crippen LogP contribution in [0.15, 0.2) is 48.7 Å². The molecule has 0 bridgehead atoms. The molecule has 1 fully saturated rings. The van der Waals surface area contributed by atoms with Gasteiger partial charge >= 0.3 is 0 Å². The minimum absolute atomic E-state index is 0.0189. The number of Topliss-reactive ketones (excluding diaryl/α,β-unsaturated/α-hetero) is 1. The van der Waals surface area contributed by atoms with Crippen LogP contribution in [-0.2, 0) is 16.0 Å². The van der Waals surface area contributed by atoms with Crippen LogP contribution in [0.5, 0.6) is 5.75 Å². The standard InChI is InChI=1S/C34H33NO3/c1-20-18-25-19-23(9-8-22-6-7-22)10-11-26(25)31(29(20)33(21(2)36)38-34(3,4)5)27-12-13-28-30-24(15-17-37-28)14-16-35-32(27)30/h10-14,16,18-19,22,33H,6-7,15,17H2,1-5H3/t33-/m1/s1. The number of nitrogens with zero attached hydrogens (tertiary/aromatic N) is 1. The summed E-state index contributed by atoms with van der Waals surface area (Å²) in [5.41, 5.74) is 6.54. The van der Waals surface area contributed by atoms with E-state index in [1.165, 1.54) is 18.4 Å². The SMILES string of the molecule is CC(=O)[C@@H](OC(C)(C)C)c1c(C)cc2cc(C#CC3CC3)ccc2c1-c1ccc2c3c(ccnc13)CCO2. The van der Waals surface area contributed by atoms with E-state index in [-0.39, 0.29) is 5.78 Å². The van der Waals surface area contributed by atoms with E-state index < -0.39 is 11.7 Å². The molecule has 4 nitrogen and oxygen atoms in total. The van der Waals surface area contributed by atoms with Gasteiger partial charge in [0.05, 0.1) is 17.7 Å². The van der Waals surface area contributed by atoms with Crippen LogP contribution in [0, 0.1) is 24.7 Å². The molecule has 3 aromatic carbocycles. The van der Waals surface area contributed by atoms with E-state index in [2.05, 4.69) is 55.2 Å². The predicted octanol–water partition coefficient (Wildman–Crippen LogP) is 7.51. The van der Waals surface area contributed by atoms with Gasteiger partial charge in [0.25, 0.3) is 0 Å². The van der Waals surface area contributed by atoms with Crippen molar-refractivity contribution < 1.29 is 14.3 Å². The lowest BCUT2D eigenvalue weighted by Crippen LogP contribution is -2.27. The van der Waals surface area contributed by atoms with Crippen LogP contribution in [0.1, 0.15) is 68.9 Å². The summed E-state index contributed by atoms with van der Waals surface area (Å²) >= 11 is 0. The maximum Gasteiger partial charge on any atom is 0.163 e. The van der Waals surface area contributed by atoms with Crippen LogP contribution in [-0.4, -0.2) is 23.0 Å². The van der Waals surface area contributed by atoms with E-state index >= 15 is 0 Å². The second kappa shape index (κ2) is 9.26. The molecular weight excluding hydrogens is 470 g/mol. The van der Waals surface area contributed by atoms with Crippen molar-refractivity contribution in [1.82, 2.24) is 4.98 Å². The third-order valence-corrected chi connectivity index (χ3v) is 7.33. The van der Waals surface area contributed by atoms with Crippen LogP contribution < -0.4 is 4.74 Å². The van der Waals surface area contributed by atoms with Gasteiger partial charge < -0.3 is 9.47 Å². The first-order valence-corrected chi connectivity index (χ1v) is 13.5. The van der Waals surface area contributed by atoms with E-state index in [0.29, 0.717) is 12.5 Å². The number of carbonyl (C=O) groups excluding carboxylic acids is 1. The fraction of sp³-hybridized carbons (Fsp3) is 0.353. The molecule has 1 atom stereocenters. The summed E-state index contributed by atoms with van der Waals surface area (Å²) in [5.74, 6) is 8.13. The van der Waals surface area contributed by atoms with E-state index in [9.17, 15) is 4.79 Å². The maximum absolute atomic E-state index is 13.2. The highest BCUT2D eigenvalue weighted by molar-refractivity contribution is 6.09. The normalized spacial score (nSPS) is 15.6. The van der Waals surface area contributed by atoms with Crippen molar-refractivity contribution in [2.75, 3.05) is 6.61 Å². The summed E-state index contributed by atoms with van der Waals surface area (Å²) in [6, 6.07) is 14.8. The zero-order chi connectivity index (χ0) is 26.6. The fourth-order valence-electron chi connectivity index (χ4n) is 5.48. The van der Waals surface area contributed by atoms with Crippen molar-refractivity contribution in [3.63, 3.8) is 0 Å². The molecule has 1 aliphatic heterocycles. The third kappa shape index (κ3) is 4.57. The monoisotopic (exact) mass is 503 g/mol. The summed E-state index contributed by atoms with van der Waals surface area (Å²) in [7, 11) is 0. The molecule has 6 rings (SSSR count). The average Bonchev–Trinajstić information content (AvgIpc) is 3.70. The Morgan fingerprint density at radius 1 is 1.13 bits per heavy atom. The molecule has 4 aromatic rings. The van der Waals surface area contributed by atoms with E-state index in [4.69, 9.17) is 14.5 Å². The quantitative estimate of drug-likeness (QED) is 0.271. The summed E-state index contributed by atoms with van der Waals surface area (Å²) in [4.78, 5) is 18.0. The number of aromatic nitrogens is 1. The highest BCUT2D eigenvalue weighted by Crippen LogP contribution is 2.45. The molecule has 38 heavy (non-hydrogen) atoms. The molecular formula is C34H33NO3. The van der Waals surface area contributed by atoms with Gasteiger partial charge in [0.2, 0.25) is 0 Å². The Balaban J connectivity index is 1.67. The summed E-state index contributed by atoms with van der Waals surface area (Å²) in [6.07, 6.45) is 4.44. The first-order valence-electron chi connectivity index (χ1n) is 13.5. The highest BCUT2D eigenvalue weighted by Gasteiger charge is 2.31. The molecule has 4 heteroatoms. The van der Waals surface area contributed by atoms with Gasteiger partial charge in [0.1, 0.15) is 11.9 Å². The van der Waals surface area contributed by atoms with Crippen molar-refractivity contribution in [2.24, 2.45) is 5.92 Å². The average molecular weight is 504 g/mol. The lowest BCUT2D eigenvalue weighted by atomic mass is 9.84. The van der Waals surface area contributed by atoms with Gasteiger partial charge in [-0.05, 0) is 111 Å². The lowest BCUT2D eigenvalue weighted by Gasteiger charge is -2.30. The molecule has 2 aliphatic rings. The van der Waals surface area contributed by atoms with Crippen LogP contribution in [0.4, 0.5) is 0 Å². The largest absolute Gasteiger partial charge is 0.493 e. The Bertz CT molecular complexity index is 1650. The minimum atomic E-state index is -0.703. The van der Waals surface area contributed by atoms with Crippen molar-refractivity contribution in [3.8, 4) is 28.7 Å². The molecule has 1 saturated carbocycles. The number of hydrogen-bond donors (Lipinski definition) is 0. The molecule has 192 valence electrons. The molecule has 0 amide bonds. The van der Waals surface area contributed by atoms with E-state index in [1.54, 1.807) is 6.92 Å². The summed E-state index contributed by atoms with van der Waals surface area (Å²) in [6.45, 7) is 10.3. The Labute approximate surface area is 224 Å². The van der Waals surface area contributed by atoms with Crippen molar-refractivity contribution >= 4 is 27.5 Å². The zero-order valence-electron chi connectivity index (χ0n) is 22.8. The topological polar surface area (TPSA) is 48.4 Å². The number of ketones is 1. The molecule has 1 aromatic heterocycles. The van der Waals surface area contributed by atoms with Gasteiger partial charge in [-0.3, -0.25) is 9.78 Å². The Morgan fingerprint density at radius 3 is 2.68 bits per heavy atom. The predicted molar refractivity (Wildman–Crippen MR) is 152 cm³/mol. The number of ether oxygens (including phenoxy) is 2. The fourth-order valence-corrected chi connectivity index (χ4v) is 5.48. The molecule has 1 aliphatic carbocycles. The first-order chi connectivity index (χ1) is 18.2. The van der Waals surface area contributed by atoms with Gasteiger partial charge in [0.15, 0.2) is 5.78 Å². The van der Waals surface area contributed by atoms with Gasteiger partial charge in [-0.1, -0.05) is 24.0 Å². The highest BCUT2D eigenvalue weighted by atomic mass is 16.5. The first kappa shape index (κ1) is 24.6. The van der Waals surface area contributed by atoms with Crippen molar-refractivity contribution in [3.05, 3.63) is 70.9 Å². The van der Waals surface area contributed by atoms with Gasteiger partial charge in [-0.15, -0.1) is 0 Å². The number of aryl methyl sites for hydroxylation is 1. The lowest BCUT2D eigenvalue weighted by molar-refractivity contribution is -0.138. The van der Waals surface area contributed by atoms with Gasteiger partial charge in [0, 0.05) is 35.0 Å². The summed E-state index contributed by atoms with van der Waals surface area (Å²) < 4.78 is 12.5. The number of benzene rings is 3. The van der Waals surface area contributed by atoms with Gasteiger partial charge in [-0.25, -0.2) is 0 Å². The Kier molecular flexibility index (Phi) is 6.00. The molecule has 0 radical (unpaired) electrons. The minimum Gasteiger partial charge on any atom is -0.493 e. The van der Waals surface area contributed by atoms with Crippen LogP contribution in [0.3, 0.4) is 0 Å². The number of carbonyl (C=O) groups is 1. The van der Waals surface area contributed by atoms with Gasteiger partial charge in [-0.2, -0.15) is 0 Å². The number of fused-ring (bicyclic) bond motifs is 1. The smallest absolute Gasteiger partial charge is 0.163 e. The Hall–Kier alpha value is -3.68. The van der Waals surface area contributed by atoms with E-state index in [1.807, 2.05) is 33.0 Å². The summed E-state index contributed by atoms with van der Waals surface area (Å²) in [5, 5.41) is 3.21. The molecule has 2 heterocycles. The number of pyridine rings is 1. The second-order valence-electron chi connectivity index (χ2n) is 11.6. The van der Waals surface area contributed by atoms with Crippen molar-refractivity contribution in [2.45, 2.75) is 65.6 Å². The molecule has 0 unspecified atom stereocenters. The molecule has 0 saturated heterocycles. The maximum atomic E-state index is 13.2. The van der Waals surface area contributed by atoms with Crippen LogP contribution in [0.2, 0.25) is 0 Å². The molecule has 0 N–H and O–H groups in total. The Morgan fingerprint density at radius 2 is 1.95 bits per heavy atom. The van der Waals surface area contributed by atoms with E-state index in [0.717, 1.165) is 61.7 Å². The number of rotatable bonds is 4.